The predicted octanol–water partition coefficient (Wildman–Crippen LogP) is 8.24. The highest BCUT2D eigenvalue weighted by molar-refractivity contribution is 7.99. The van der Waals surface area contributed by atoms with Gasteiger partial charge in [-0.2, -0.15) is 0 Å². The third-order valence-corrected chi connectivity index (χ3v) is 10.6. The minimum absolute atomic E-state index is 0.0462. The number of nitrogens with one attached hydrogen (secondary N) is 4. The fourth-order valence-electron chi connectivity index (χ4n) is 6.36. The van der Waals surface area contributed by atoms with E-state index in [1.807, 2.05) is 25.1 Å². The van der Waals surface area contributed by atoms with E-state index in [9.17, 15) is 38.4 Å². The Morgan fingerprint density at radius 2 is 1.00 bits per heavy atom. The van der Waals surface area contributed by atoms with Crippen molar-refractivity contribution in [3.05, 3.63) is 186 Å². The summed E-state index contributed by atoms with van der Waals surface area (Å²) in [6.07, 6.45) is 2.00. The smallest absolute Gasteiger partial charge is 0.339 e. The zero-order chi connectivity index (χ0) is 46.6. The van der Waals surface area contributed by atoms with Crippen LogP contribution < -0.4 is 21.3 Å². The van der Waals surface area contributed by atoms with E-state index in [2.05, 4.69) is 34.4 Å². The number of carbonyl (C=O) groups is 8. The molecule has 0 radical (unpaired) electrons. The average molecular weight is 889 g/mol. The number of carbonyl (C=O) groups excluding carboxylic acids is 8. The Hall–Kier alpha value is -8.43. The van der Waals surface area contributed by atoms with Crippen LogP contribution in [0.5, 0.6) is 0 Å². The van der Waals surface area contributed by atoms with Gasteiger partial charge in [0, 0.05) is 55.8 Å². The number of hydrogen-bond acceptors (Lipinski definition) is 11. The van der Waals surface area contributed by atoms with Gasteiger partial charge < -0.3 is 30.7 Å². The second kappa shape index (κ2) is 21.1. The standard InChI is InChI=1S/C50H40N4O10S/c1-5-33(55)27-63-49(61)39-21-19-35(25-41(39)47(59)51-4)65-36-20-22-40(50(62)64-28-34(56)6-2)42(26-36)48(60)52-32-14-8-13-31(24-32)46(58)54-44-18-10-15-37-38(44)16-9-17-43(37)53-45(57)30-12-7-11-29(3)23-30/h5-26H,1-2,27-28H2,3-4H3,(H,51,59)(H,52,60)(H,53,57)(H,54,58). The summed E-state index contributed by atoms with van der Waals surface area (Å²) in [6.45, 7) is 7.44. The lowest BCUT2D eigenvalue weighted by Crippen LogP contribution is -2.22. The van der Waals surface area contributed by atoms with Crippen LogP contribution in [0.1, 0.15) is 67.7 Å². The Morgan fingerprint density at radius 1 is 0.523 bits per heavy atom. The third kappa shape index (κ3) is 11.5. The Morgan fingerprint density at radius 3 is 1.49 bits per heavy atom. The molecule has 0 saturated carbocycles. The number of anilines is 3. The molecule has 0 aliphatic heterocycles. The number of rotatable bonds is 17. The molecule has 15 heteroatoms. The number of hydrogen-bond donors (Lipinski definition) is 4. The molecule has 326 valence electrons. The fraction of sp³-hybridized carbons (Fsp3) is 0.0800. The van der Waals surface area contributed by atoms with Gasteiger partial charge in [0.1, 0.15) is 0 Å². The van der Waals surface area contributed by atoms with E-state index < -0.39 is 54.4 Å². The summed E-state index contributed by atoms with van der Waals surface area (Å²) in [5, 5.41) is 12.4. The molecular formula is C50H40N4O10S. The van der Waals surface area contributed by atoms with E-state index in [1.165, 1.54) is 49.5 Å². The Kier molecular flexibility index (Phi) is 15.0. The summed E-state index contributed by atoms with van der Waals surface area (Å²) in [6, 6.07) is 32.6. The van der Waals surface area contributed by atoms with Gasteiger partial charge in [-0.1, -0.05) is 72.9 Å². The maximum absolute atomic E-state index is 14.0. The molecule has 0 fully saturated rings. The van der Waals surface area contributed by atoms with Crippen LogP contribution in [-0.2, 0) is 19.1 Å². The average Bonchev–Trinajstić information content (AvgIpc) is 3.32. The first-order chi connectivity index (χ1) is 31.3. The van der Waals surface area contributed by atoms with Gasteiger partial charge in [-0.25, -0.2) is 9.59 Å². The Balaban J connectivity index is 1.24. The molecule has 4 amide bonds. The largest absolute Gasteiger partial charge is 0.454 e. The van der Waals surface area contributed by atoms with Gasteiger partial charge in [-0.15, -0.1) is 0 Å². The van der Waals surface area contributed by atoms with Crippen molar-refractivity contribution in [3.8, 4) is 0 Å². The van der Waals surface area contributed by atoms with Gasteiger partial charge in [0.25, 0.3) is 23.6 Å². The van der Waals surface area contributed by atoms with Crippen LogP contribution >= 0.6 is 11.8 Å². The normalized spacial score (nSPS) is 10.5. The van der Waals surface area contributed by atoms with Crippen molar-refractivity contribution >= 4 is 86.7 Å². The van der Waals surface area contributed by atoms with E-state index in [1.54, 1.807) is 60.7 Å². The van der Waals surface area contributed by atoms with Crippen LogP contribution in [0.2, 0.25) is 0 Å². The zero-order valence-electron chi connectivity index (χ0n) is 35.0. The lowest BCUT2D eigenvalue weighted by Gasteiger charge is -2.14. The van der Waals surface area contributed by atoms with Crippen LogP contribution in [0, 0.1) is 6.92 Å². The SMILES string of the molecule is C=CC(=O)COC(=O)c1ccc(Sc2ccc(C(=O)OCC(=O)C=C)c(C(=O)Nc3cccc(C(=O)Nc4cccc5c(NC(=O)c6cccc(C)c6)cccc45)c3)c2)cc1C(=O)NC. The molecule has 0 saturated heterocycles. The lowest BCUT2D eigenvalue weighted by atomic mass is 10.1. The number of benzene rings is 6. The summed E-state index contributed by atoms with van der Waals surface area (Å²) < 4.78 is 10.2. The summed E-state index contributed by atoms with van der Waals surface area (Å²) in [5.41, 5.74) is 2.38. The highest BCUT2D eigenvalue weighted by Gasteiger charge is 2.23. The van der Waals surface area contributed by atoms with E-state index in [0.717, 1.165) is 29.5 Å². The molecule has 0 spiro atoms. The second-order valence-electron chi connectivity index (χ2n) is 14.1. The molecule has 0 aliphatic rings. The topological polar surface area (TPSA) is 203 Å². The third-order valence-electron chi connectivity index (χ3n) is 9.60. The van der Waals surface area contributed by atoms with E-state index >= 15 is 0 Å². The molecule has 4 N–H and O–H groups in total. The summed E-state index contributed by atoms with van der Waals surface area (Å²) >= 11 is 1.09. The first-order valence-electron chi connectivity index (χ1n) is 19.7. The van der Waals surface area contributed by atoms with Gasteiger partial charge in [0.2, 0.25) is 0 Å². The Labute approximate surface area is 377 Å². The van der Waals surface area contributed by atoms with Gasteiger partial charge >= 0.3 is 11.9 Å². The zero-order valence-corrected chi connectivity index (χ0v) is 35.8. The molecule has 0 atom stereocenters. The molecule has 14 nitrogen and oxygen atoms in total. The fourth-order valence-corrected chi connectivity index (χ4v) is 7.26. The highest BCUT2D eigenvalue weighted by Crippen LogP contribution is 2.33. The molecule has 0 aliphatic carbocycles. The molecular weight excluding hydrogens is 849 g/mol. The first-order valence-corrected chi connectivity index (χ1v) is 20.6. The van der Waals surface area contributed by atoms with Crippen molar-refractivity contribution in [3.63, 3.8) is 0 Å². The number of esters is 2. The summed E-state index contributed by atoms with van der Waals surface area (Å²) in [4.78, 5) is 104. The number of amides is 4. The number of fused-ring (bicyclic) bond motifs is 1. The number of ether oxygens (including phenoxy) is 2. The number of aryl methyl sites for hydroxylation is 1. The molecule has 0 bridgehead atoms. The van der Waals surface area contributed by atoms with Crippen LogP contribution in [0.4, 0.5) is 17.1 Å². The van der Waals surface area contributed by atoms with Gasteiger partial charge in [0.15, 0.2) is 24.8 Å². The molecule has 6 rings (SSSR count). The van der Waals surface area contributed by atoms with Crippen LogP contribution in [0.25, 0.3) is 10.8 Å². The molecule has 6 aromatic rings. The van der Waals surface area contributed by atoms with Gasteiger partial charge in [-0.05, 0) is 97.9 Å². The van der Waals surface area contributed by atoms with Crippen LogP contribution in [0.15, 0.2) is 156 Å². The highest BCUT2D eigenvalue weighted by atomic mass is 32.2. The minimum atomic E-state index is -0.970. The number of ketones is 2. The monoisotopic (exact) mass is 888 g/mol. The van der Waals surface area contributed by atoms with Crippen LogP contribution in [0.3, 0.4) is 0 Å². The van der Waals surface area contributed by atoms with Crippen molar-refractivity contribution < 1.29 is 47.8 Å². The maximum Gasteiger partial charge on any atom is 0.339 e. The molecule has 0 aromatic heterocycles. The quantitative estimate of drug-likeness (QED) is 0.0507. The molecule has 6 aromatic carbocycles. The first kappa shape index (κ1) is 46.1. The molecule has 0 heterocycles. The van der Waals surface area contributed by atoms with Crippen molar-refractivity contribution in [2.75, 3.05) is 36.2 Å². The van der Waals surface area contributed by atoms with Gasteiger partial charge in [0.05, 0.1) is 22.3 Å². The summed E-state index contributed by atoms with van der Waals surface area (Å²) in [5.74, 6) is -5.12. The maximum atomic E-state index is 14.0. The van der Waals surface area contributed by atoms with Gasteiger partial charge in [-0.3, -0.25) is 28.8 Å². The van der Waals surface area contributed by atoms with E-state index in [0.29, 0.717) is 37.5 Å². The Bertz CT molecular complexity index is 2940. The predicted molar refractivity (Wildman–Crippen MR) is 247 cm³/mol. The van der Waals surface area contributed by atoms with Crippen molar-refractivity contribution in [2.24, 2.45) is 0 Å². The van der Waals surface area contributed by atoms with Crippen molar-refractivity contribution in [1.29, 1.82) is 0 Å². The minimum Gasteiger partial charge on any atom is -0.454 e. The van der Waals surface area contributed by atoms with Crippen molar-refractivity contribution in [1.82, 2.24) is 5.32 Å². The van der Waals surface area contributed by atoms with Crippen LogP contribution in [-0.4, -0.2) is 67.4 Å². The molecule has 0 unspecified atom stereocenters. The van der Waals surface area contributed by atoms with E-state index in [-0.39, 0.29) is 39.4 Å². The second-order valence-corrected chi connectivity index (χ2v) is 15.3. The van der Waals surface area contributed by atoms with E-state index in [4.69, 9.17) is 9.47 Å². The lowest BCUT2D eigenvalue weighted by molar-refractivity contribution is -0.118. The van der Waals surface area contributed by atoms with Crippen molar-refractivity contribution in [2.45, 2.75) is 16.7 Å². The summed E-state index contributed by atoms with van der Waals surface area (Å²) in [7, 11) is 1.38. The molecule has 65 heavy (non-hydrogen) atoms.